The van der Waals surface area contributed by atoms with Crippen LogP contribution in [0.15, 0.2) is 48.7 Å². The first-order chi connectivity index (χ1) is 8.56. The maximum atomic E-state index is 4.23. The van der Waals surface area contributed by atoms with Gasteiger partial charge in [0.15, 0.2) is 0 Å². The number of fused-ring (bicyclic) bond motifs is 1. The molecule has 1 N–H and O–H groups in total. The number of hydrogen-bond acceptors (Lipinski definition) is 1. The smallest absolute Gasteiger partial charge is 0.0462 e. The van der Waals surface area contributed by atoms with E-state index in [0.717, 1.165) is 22.4 Å². The van der Waals surface area contributed by atoms with Gasteiger partial charge in [0.1, 0.15) is 0 Å². The average molecular weight is 237 g/mol. The summed E-state index contributed by atoms with van der Waals surface area (Å²) < 4.78 is 0. The minimum atomic E-state index is 1.04. The van der Waals surface area contributed by atoms with Crippen LogP contribution in [0.1, 0.15) is 30.5 Å². The molecule has 0 saturated heterocycles. The first kappa shape index (κ1) is 12.4. The van der Waals surface area contributed by atoms with Crippen molar-refractivity contribution in [3.8, 4) is 0 Å². The zero-order chi connectivity index (χ0) is 13.3. The number of rotatable bonds is 2. The van der Waals surface area contributed by atoms with Gasteiger partial charge in [-0.05, 0) is 49.1 Å². The molecule has 1 heteroatoms. The summed E-state index contributed by atoms with van der Waals surface area (Å²) >= 11 is 0. The van der Waals surface area contributed by atoms with Crippen molar-refractivity contribution in [1.82, 2.24) is 0 Å². The highest BCUT2D eigenvalue weighted by molar-refractivity contribution is 5.93. The summed E-state index contributed by atoms with van der Waals surface area (Å²) in [6.07, 6.45) is 6.17. The molecule has 0 aromatic heterocycles. The van der Waals surface area contributed by atoms with Crippen molar-refractivity contribution >= 4 is 17.3 Å². The van der Waals surface area contributed by atoms with E-state index in [1.807, 2.05) is 20.0 Å². The predicted molar refractivity (Wildman–Crippen MR) is 81.4 cm³/mol. The second-order valence-electron chi connectivity index (χ2n) is 4.66. The lowest BCUT2D eigenvalue weighted by Gasteiger charge is -2.24. The Labute approximate surface area is 109 Å². The molecule has 0 amide bonds. The van der Waals surface area contributed by atoms with Crippen LogP contribution in [0.4, 0.5) is 5.69 Å². The number of allylic oxidation sites excluding steroid dienone is 4. The van der Waals surface area contributed by atoms with Crippen molar-refractivity contribution in [2.24, 2.45) is 0 Å². The van der Waals surface area contributed by atoms with E-state index in [0.29, 0.717) is 0 Å². The molecule has 0 spiro atoms. The molecule has 1 aromatic rings. The highest BCUT2D eigenvalue weighted by Crippen LogP contribution is 2.38. The van der Waals surface area contributed by atoms with Crippen LogP contribution >= 0.6 is 0 Å². The van der Waals surface area contributed by atoms with E-state index in [1.54, 1.807) is 0 Å². The number of benzene rings is 1. The minimum absolute atomic E-state index is 1.04. The van der Waals surface area contributed by atoms with Crippen molar-refractivity contribution in [3.63, 3.8) is 0 Å². The van der Waals surface area contributed by atoms with Crippen LogP contribution in [0.5, 0.6) is 0 Å². The Hall–Kier alpha value is -2.02. The van der Waals surface area contributed by atoms with Crippen molar-refractivity contribution in [2.75, 3.05) is 5.32 Å². The molecule has 0 atom stereocenters. The average Bonchev–Trinajstić information content (AvgIpc) is 2.32. The first-order valence-corrected chi connectivity index (χ1v) is 6.14. The Balaban J connectivity index is 2.59. The molecule has 1 aliphatic heterocycles. The Kier molecular flexibility index (Phi) is 3.24. The molecule has 1 heterocycles. The third-order valence-electron chi connectivity index (χ3n) is 3.31. The molecule has 0 fully saturated rings. The van der Waals surface area contributed by atoms with Gasteiger partial charge < -0.3 is 5.32 Å². The quantitative estimate of drug-likeness (QED) is 0.769. The van der Waals surface area contributed by atoms with E-state index in [2.05, 4.69) is 49.7 Å². The van der Waals surface area contributed by atoms with E-state index in [1.165, 1.54) is 16.7 Å². The van der Waals surface area contributed by atoms with Gasteiger partial charge in [0.2, 0.25) is 0 Å². The Morgan fingerprint density at radius 2 is 2.06 bits per heavy atom. The van der Waals surface area contributed by atoms with Crippen molar-refractivity contribution in [3.05, 3.63) is 65.4 Å². The third-order valence-corrected chi connectivity index (χ3v) is 3.31. The van der Waals surface area contributed by atoms with Gasteiger partial charge in [-0.3, -0.25) is 0 Å². The normalized spacial score (nSPS) is 14.2. The van der Waals surface area contributed by atoms with Crippen LogP contribution < -0.4 is 5.32 Å². The van der Waals surface area contributed by atoms with Crippen LogP contribution in [0.3, 0.4) is 0 Å². The molecular formula is C17H19N. The van der Waals surface area contributed by atoms with E-state index in [9.17, 15) is 0 Å². The molecule has 0 radical (unpaired) electrons. The molecule has 0 saturated carbocycles. The van der Waals surface area contributed by atoms with Crippen molar-refractivity contribution in [1.29, 1.82) is 0 Å². The second kappa shape index (κ2) is 4.69. The lowest BCUT2D eigenvalue weighted by molar-refractivity contribution is 1.32. The van der Waals surface area contributed by atoms with Gasteiger partial charge in [0.05, 0.1) is 0 Å². The Bertz CT molecular complexity index is 586. The number of hydrogen-bond donors (Lipinski definition) is 1. The number of anilines is 1. The summed E-state index contributed by atoms with van der Waals surface area (Å²) in [6, 6.07) is 4.24. The molecule has 1 aliphatic rings. The van der Waals surface area contributed by atoms with Gasteiger partial charge in [-0.1, -0.05) is 31.4 Å². The molecule has 0 aliphatic carbocycles. The molecule has 2 rings (SSSR count). The minimum Gasteiger partial charge on any atom is -0.361 e. The van der Waals surface area contributed by atoms with Gasteiger partial charge in [-0.15, -0.1) is 0 Å². The van der Waals surface area contributed by atoms with Crippen LogP contribution in [0, 0.1) is 6.92 Å². The molecule has 1 nitrogen and oxygen atoms in total. The summed E-state index contributed by atoms with van der Waals surface area (Å²) in [7, 11) is 0. The van der Waals surface area contributed by atoms with E-state index < -0.39 is 0 Å². The van der Waals surface area contributed by atoms with E-state index >= 15 is 0 Å². The fraction of sp³-hybridized carbons (Fsp3) is 0.176. The predicted octanol–water partition coefficient (Wildman–Crippen LogP) is 4.93. The van der Waals surface area contributed by atoms with Gasteiger partial charge >= 0.3 is 0 Å². The zero-order valence-corrected chi connectivity index (χ0v) is 11.3. The van der Waals surface area contributed by atoms with Crippen LogP contribution in [-0.4, -0.2) is 0 Å². The highest BCUT2D eigenvalue weighted by atomic mass is 14.9. The molecule has 92 valence electrons. The Morgan fingerprint density at radius 1 is 1.33 bits per heavy atom. The second-order valence-corrected chi connectivity index (χ2v) is 4.66. The van der Waals surface area contributed by atoms with Gasteiger partial charge in [0.25, 0.3) is 0 Å². The summed E-state index contributed by atoms with van der Waals surface area (Å²) in [5.41, 5.74) is 8.01. The lowest BCUT2D eigenvalue weighted by atomic mass is 9.87. The number of nitrogens with one attached hydrogen (secondary N) is 1. The fourth-order valence-corrected chi connectivity index (χ4v) is 2.35. The maximum Gasteiger partial charge on any atom is 0.0462 e. The van der Waals surface area contributed by atoms with Crippen molar-refractivity contribution in [2.45, 2.75) is 20.8 Å². The highest BCUT2D eigenvalue weighted by Gasteiger charge is 2.18. The van der Waals surface area contributed by atoms with E-state index in [-0.39, 0.29) is 0 Å². The largest absolute Gasteiger partial charge is 0.361 e. The lowest BCUT2D eigenvalue weighted by Crippen LogP contribution is -2.07. The topological polar surface area (TPSA) is 12.0 Å². The third kappa shape index (κ3) is 1.92. The summed E-state index contributed by atoms with van der Waals surface area (Å²) in [5.74, 6) is 0. The van der Waals surface area contributed by atoms with Gasteiger partial charge in [0, 0.05) is 23.0 Å². The SMILES string of the molecule is C=C(C)C1=CNc2ccc(/C=C\C)c(C)c2C1=C. The molecule has 18 heavy (non-hydrogen) atoms. The van der Waals surface area contributed by atoms with Crippen molar-refractivity contribution < 1.29 is 0 Å². The fourth-order valence-electron chi connectivity index (χ4n) is 2.35. The maximum absolute atomic E-state index is 4.23. The molecule has 1 aromatic carbocycles. The summed E-state index contributed by atoms with van der Waals surface area (Å²) in [6.45, 7) is 14.4. The molecular weight excluding hydrogens is 218 g/mol. The Morgan fingerprint density at radius 3 is 2.67 bits per heavy atom. The standard InChI is InChI=1S/C17H19N/c1-6-7-14-8-9-16-17(12(14)4)13(5)15(10-18-16)11(2)3/h6-10,18H,2,5H2,1,3-4H3/b7-6-. The zero-order valence-electron chi connectivity index (χ0n) is 11.3. The van der Waals surface area contributed by atoms with Crippen LogP contribution in [0.25, 0.3) is 11.6 Å². The van der Waals surface area contributed by atoms with Gasteiger partial charge in [-0.25, -0.2) is 0 Å². The van der Waals surface area contributed by atoms with Crippen LogP contribution in [0.2, 0.25) is 0 Å². The van der Waals surface area contributed by atoms with Gasteiger partial charge in [-0.2, -0.15) is 0 Å². The summed E-state index contributed by atoms with van der Waals surface area (Å²) in [5, 5.41) is 3.33. The van der Waals surface area contributed by atoms with E-state index in [4.69, 9.17) is 0 Å². The monoisotopic (exact) mass is 237 g/mol. The molecule has 0 unspecified atom stereocenters. The van der Waals surface area contributed by atoms with Crippen LogP contribution in [-0.2, 0) is 0 Å². The molecule has 0 bridgehead atoms. The summed E-state index contributed by atoms with van der Waals surface area (Å²) in [4.78, 5) is 0. The first-order valence-electron chi connectivity index (χ1n) is 6.14.